The van der Waals surface area contributed by atoms with E-state index in [2.05, 4.69) is 17.6 Å². The van der Waals surface area contributed by atoms with E-state index < -0.39 is 19.7 Å². The van der Waals surface area contributed by atoms with Crippen molar-refractivity contribution in [2.24, 2.45) is 0 Å². The van der Waals surface area contributed by atoms with Crippen LogP contribution >= 0.6 is 0 Å². The maximum Gasteiger partial charge on any atom is 0.201 e. The van der Waals surface area contributed by atoms with Crippen LogP contribution in [0.1, 0.15) is 50.7 Å². The molecule has 0 amide bonds. The first-order chi connectivity index (χ1) is 24.5. The van der Waals surface area contributed by atoms with Crippen molar-refractivity contribution in [1.82, 2.24) is 10.6 Å². The minimum atomic E-state index is -3.48. The molecule has 0 saturated carbocycles. The van der Waals surface area contributed by atoms with E-state index in [1.165, 1.54) is 22.9 Å². The summed E-state index contributed by atoms with van der Waals surface area (Å²) in [7, 11) is -5.34. The Hall–Kier alpha value is -4.94. The lowest BCUT2D eigenvalue weighted by Crippen LogP contribution is -2.06. The van der Waals surface area contributed by atoms with Gasteiger partial charge in [-0.15, -0.1) is 0 Å². The molecule has 0 aliphatic carbocycles. The van der Waals surface area contributed by atoms with Gasteiger partial charge in [0.05, 0.1) is 27.7 Å². The molecule has 270 valence electrons. The van der Waals surface area contributed by atoms with Gasteiger partial charge in [-0.2, -0.15) is 0 Å². The number of nitrogens with one attached hydrogen (secondary N) is 2. The van der Waals surface area contributed by atoms with Gasteiger partial charge in [0.1, 0.15) is 11.5 Å². The van der Waals surface area contributed by atoms with E-state index in [0.717, 1.165) is 74.1 Å². The average molecular weight is 733 g/mol. The average Bonchev–Trinajstić information content (AvgIpc) is 3.84. The van der Waals surface area contributed by atoms with Gasteiger partial charge in [-0.3, -0.25) is 0 Å². The number of hydrogen-bond donors (Lipinski definition) is 3. The molecule has 2 saturated heterocycles. The molecule has 3 N–H and O–H groups in total. The van der Waals surface area contributed by atoms with Gasteiger partial charge in [-0.25, -0.2) is 16.8 Å². The Morgan fingerprint density at radius 3 is 1.49 bits per heavy atom. The number of phenolic OH excluding ortho intramolecular Hbond substituents is 1. The summed E-state index contributed by atoms with van der Waals surface area (Å²) >= 11 is 0. The molecular weight excluding hydrogens is 689 g/mol. The highest BCUT2D eigenvalue weighted by Crippen LogP contribution is 2.34. The van der Waals surface area contributed by atoms with E-state index in [0.29, 0.717) is 28.7 Å². The van der Waals surface area contributed by atoms with Crippen LogP contribution in [0.5, 0.6) is 34.5 Å². The summed E-state index contributed by atoms with van der Waals surface area (Å²) in [5, 5.41) is 18.8. The molecule has 0 atom stereocenters. The van der Waals surface area contributed by atoms with Gasteiger partial charge in [-0.05, 0) is 122 Å². The van der Waals surface area contributed by atoms with Crippen molar-refractivity contribution in [1.29, 1.82) is 0 Å². The number of hydrogen-bond acceptors (Lipinski definition) is 10. The lowest BCUT2D eigenvalue weighted by atomic mass is 10.1. The van der Waals surface area contributed by atoms with E-state index in [-0.39, 0.29) is 15.5 Å². The highest BCUT2D eigenvalue weighted by molar-refractivity contribution is 7.94. The number of rotatable bonds is 11. The fourth-order valence-electron chi connectivity index (χ4n) is 5.48. The number of aromatic hydroxyl groups is 1. The molecular formula is C39H44N2O8S2. The molecule has 2 aliphatic rings. The number of allylic oxidation sites excluding steroid dienone is 2. The normalized spacial score (nSPS) is 15.8. The molecule has 2 heterocycles. The van der Waals surface area contributed by atoms with E-state index in [4.69, 9.17) is 14.2 Å². The number of methoxy groups -OCH3 is 1. The van der Waals surface area contributed by atoms with Crippen molar-refractivity contribution in [2.75, 3.05) is 20.2 Å². The maximum atomic E-state index is 12.5. The van der Waals surface area contributed by atoms with Crippen LogP contribution in [0.2, 0.25) is 0 Å². The molecule has 0 radical (unpaired) electrons. The second-order valence-corrected chi connectivity index (χ2v) is 15.7. The number of ether oxygens (including phenoxy) is 3. The summed E-state index contributed by atoms with van der Waals surface area (Å²) in [5.41, 5.74) is 3.69. The first kappa shape index (κ1) is 37.3. The van der Waals surface area contributed by atoms with Crippen LogP contribution in [0, 0.1) is 0 Å². The van der Waals surface area contributed by atoms with Crippen LogP contribution in [0.4, 0.5) is 0 Å². The van der Waals surface area contributed by atoms with Gasteiger partial charge in [0.25, 0.3) is 0 Å². The summed E-state index contributed by atoms with van der Waals surface area (Å²) < 4.78 is 66.5. The second-order valence-electron chi connectivity index (χ2n) is 12.1. The third-order valence-corrected chi connectivity index (χ3v) is 11.4. The maximum absolute atomic E-state index is 12.5. The molecule has 0 aromatic heterocycles. The lowest BCUT2D eigenvalue weighted by molar-refractivity contribution is 0.378. The Morgan fingerprint density at radius 1 is 0.627 bits per heavy atom. The van der Waals surface area contributed by atoms with Gasteiger partial charge in [0, 0.05) is 24.5 Å². The smallest absolute Gasteiger partial charge is 0.201 e. The van der Waals surface area contributed by atoms with Crippen molar-refractivity contribution in [3.8, 4) is 34.5 Å². The molecule has 2 aliphatic heterocycles. The zero-order valence-corrected chi connectivity index (χ0v) is 30.6. The molecule has 4 aromatic rings. The summed E-state index contributed by atoms with van der Waals surface area (Å²) in [6.07, 6.45) is 5.18. The summed E-state index contributed by atoms with van der Waals surface area (Å²) in [5.74, 6) is 2.66. The second kappa shape index (κ2) is 16.8. The molecule has 0 unspecified atom stereocenters. The molecule has 0 spiro atoms. The number of aryl methyl sites for hydroxylation is 2. The predicted molar refractivity (Wildman–Crippen MR) is 198 cm³/mol. The fourth-order valence-corrected chi connectivity index (χ4v) is 7.93. The Labute approximate surface area is 300 Å². The third kappa shape index (κ3) is 10.1. The first-order valence-corrected chi connectivity index (χ1v) is 20.0. The van der Waals surface area contributed by atoms with Crippen molar-refractivity contribution >= 4 is 19.7 Å². The van der Waals surface area contributed by atoms with Crippen LogP contribution in [0.15, 0.2) is 117 Å². The SMILES string of the molecule is CCc1ccc(Oc2ccc(S(=O)(=O)/C=C3\CCCN3)cc2)c(O)c1.CCc1ccc(Oc2ccc(S(=O)(=O)/C=C3\CCCN3)cc2)c(OC)c1. The Balaban J connectivity index is 0.000000198. The zero-order valence-electron chi connectivity index (χ0n) is 29.0. The molecule has 12 heteroatoms. The van der Waals surface area contributed by atoms with Crippen molar-refractivity contribution in [3.63, 3.8) is 0 Å². The van der Waals surface area contributed by atoms with Crippen molar-refractivity contribution < 1.29 is 36.2 Å². The molecule has 4 aromatic carbocycles. The minimum absolute atomic E-state index is 0.0630. The highest BCUT2D eigenvalue weighted by atomic mass is 32.2. The molecule has 2 fully saturated rings. The predicted octanol–water partition coefficient (Wildman–Crippen LogP) is 7.79. The number of phenols is 1. The van der Waals surface area contributed by atoms with Crippen LogP contribution in [-0.4, -0.2) is 42.1 Å². The molecule has 0 bridgehead atoms. The van der Waals surface area contributed by atoms with E-state index in [9.17, 15) is 21.9 Å². The molecule has 10 nitrogen and oxygen atoms in total. The largest absolute Gasteiger partial charge is 0.504 e. The summed E-state index contributed by atoms with van der Waals surface area (Å²) in [6, 6.07) is 23.6. The topological polar surface area (TPSA) is 140 Å². The van der Waals surface area contributed by atoms with Crippen LogP contribution < -0.4 is 24.8 Å². The monoisotopic (exact) mass is 732 g/mol. The fraction of sp³-hybridized carbons (Fsp3) is 0.282. The van der Waals surface area contributed by atoms with Crippen LogP contribution in [0.25, 0.3) is 0 Å². The van der Waals surface area contributed by atoms with Gasteiger partial charge < -0.3 is 30.0 Å². The molecule has 51 heavy (non-hydrogen) atoms. The lowest BCUT2D eigenvalue weighted by Gasteiger charge is -2.12. The molecule has 6 rings (SSSR count). The van der Waals surface area contributed by atoms with Gasteiger partial charge >= 0.3 is 0 Å². The quantitative estimate of drug-likeness (QED) is 0.140. The highest BCUT2D eigenvalue weighted by Gasteiger charge is 2.17. The van der Waals surface area contributed by atoms with Gasteiger partial charge in [0.15, 0.2) is 23.0 Å². The van der Waals surface area contributed by atoms with E-state index in [1.807, 2.05) is 31.2 Å². The third-order valence-electron chi connectivity index (χ3n) is 8.37. The Morgan fingerprint density at radius 2 is 1.08 bits per heavy atom. The van der Waals surface area contributed by atoms with Crippen molar-refractivity contribution in [3.05, 3.63) is 118 Å². The Kier molecular flexibility index (Phi) is 12.3. The van der Waals surface area contributed by atoms with E-state index in [1.54, 1.807) is 55.6 Å². The van der Waals surface area contributed by atoms with Gasteiger partial charge in [0.2, 0.25) is 19.7 Å². The van der Waals surface area contributed by atoms with Crippen LogP contribution in [-0.2, 0) is 32.5 Å². The summed E-state index contributed by atoms with van der Waals surface area (Å²) in [4.78, 5) is 0.464. The minimum Gasteiger partial charge on any atom is -0.504 e. The number of sulfone groups is 2. The van der Waals surface area contributed by atoms with Gasteiger partial charge in [-0.1, -0.05) is 26.0 Å². The van der Waals surface area contributed by atoms with E-state index >= 15 is 0 Å². The Bertz CT molecular complexity index is 2080. The summed E-state index contributed by atoms with van der Waals surface area (Å²) in [6.45, 7) is 5.72. The first-order valence-electron chi connectivity index (χ1n) is 16.9. The van der Waals surface area contributed by atoms with Crippen LogP contribution in [0.3, 0.4) is 0 Å². The standard InChI is InChI=1S/C20H23NO4S.C19H21NO4S/c1-3-15-6-11-19(20(13-15)24-2)25-17-7-9-18(10-8-17)26(22,23)14-16-5-4-12-21-16;1-2-14-5-10-19(18(21)12-14)24-16-6-8-17(9-7-16)25(22,23)13-15-4-3-11-20-15/h6-11,13-14,21H,3-5,12H2,1-2H3;5-10,12-13,20-21H,2-4,11H2,1H3/b16-14+;15-13+. The zero-order chi connectivity index (χ0) is 36.4. The number of benzene rings is 4. The van der Waals surface area contributed by atoms with Crippen molar-refractivity contribution in [2.45, 2.75) is 62.2 Å².